The summed E-state index contributed by atoms with van der Waals surface area (Å²) in [5, 5.41) is 1.03. The first-order valence-electron chi connectivity index (χ1n) is 7.76. The molecule has 4 nitrogen and oxygen atoms in total. The lowest BCUT2D eigenvalue weighted by Crippen LogP contribution is -2.36. The van der Waals surface area contributed by atoms with Crippen LogP contribution in [0.4, 0.5) is 0 Å². The monoisotopic (exact) mass is 299 g/mol. The van der Waals surface area contributed by atoms with Crippen molar-refractivity contribution in [1.29, 1.82) is 0 Å². The van der Waals surface area contributed by atoms with Crippen LogP contribution in [0.5, 0.6) is 0 Å². The number of Topliss-reactive ketones (excluding diaryl/α,β-unsaturated/α-hetero) is 1. The van der Waals surface area contributed by atoms with Crippen LogP contribution in [0.1, 0.15) is 43.4 Å². The largest absolute Gasteiger partial charge is 0.422 e. The second kappa shape index (κ2) is 5.69. The van der Waals surface area contributed by atoms with Gasteiger partial charge in [-0.1, -0.05) is 26.0 Å². The molecule has 0 spiro atoms. The van der Waals surface area contributed by atoms with E-state index < -0.39 is 0 Å². The van der Waals surface area contributed by atoms with Gasteiger partial charge in [-0.25, -0.2) is 4.79 Å². The third-order valence-electron chi connectivity index (χ3n) is 4.32. The molecule has 0 N–H and O–H groups in total. The van der Waals surface area contributed by atoms with Crippen LogP contribution in [-0.2, 0) is 17.8 Å². The van der Waals surface area contributed by atoms with E-state index in [9.17, 15) is 9.59 Å². The van der Waals surface area contributed by atoms with Gasteiger partial charge in [-0.2, -0.15) is 0 Å². The van der Waals surface area contributed by atoms with Gasteiger partial charge in [-0.05, 0) is 36.5 Å². The van der Waals surface area contributed by atoms with Gasteiger partial charge in [0.15, 0.2) is 0 Å². The summed E-state index contributed by atoms with van der Waals surface area (Å²) in [6.07, 6.45) is 0.783. The number of fused-ring (bicyclic) bond motifs is 3. The van der Waals surface area contributed by atoms with Crippen LogP contribution in [0.25, 0.3) is 11.0 Å². The summed E-state index contributed by atoms with van der Waals surface area (Å²) in [6, 6.07) is 6.14. The first kappa shape index (κ1) is 15.0. The van der Waals surface area contributed by atoms with E-state index >= 15 is 0 Å². The Morgan fingerprint density at radius 1 is 1.32 bits per heavy atom. The molecule has 0 radical (unpaired) electrons. The van der Waals surface area contributed by atoms with Crippen LogP contribution in [-0.4, -0.2) is 23.8 Å². The van der Waals surface area contributed by atoms with E-state index in [1.54, 1.807) is 6.92 Å². The zero-order valence-corrected chi connectivity index (χ0v) is 13.3. The Morgan fingerprint density at radius 2 is 2.09 bits per heavy atom. The molecule has 116 valence electrons. The van der Waals surface area contributed by atoms with Crippen molar-refractivity contribution >= 4 is 16.8 Å². The van der Waals surface area contributed by atoms with Crippen molar-refractivity contribution < 1.29 is 9.21 Å². The summed E-state index contributed by atoms with van der Waals surface area (Å²) in [5.41, 5.74) is 3.37. The molecule has 1 aliphatic heterocycles. The van der Waals surface area contributed by atoms with Gasteiger partial charge in [0.2, 0.25) is 0 Å². The summed E-state index contributed by atoms with van der Waals surface area (Å²) in [6.45, 7) is 7.51. The van der Waals surface area contributed by atoms with Crippen molar-refractivity contribution in [1.82, 2.24) is 4.90 Å². The zero-order valence-electron chi connectivity index (χ0n) is 13.3. The molecule has 22 heavy (non-hydrogen) atoms. The molecule has 0 saturated carbocycles. The Labute approximate surface area is 129 Å². The number of hydrogen-bond acceptors (Lipinski definition) is 4. The van der Waals surface area contributed by atoms with E-state index in [1.165, 1.54) is 5.56 Å². The smallest absolute Gasteiger partial charge is 0.341 e. The Balaban J connectivity index is 2.07. The molecule has 3 rings (SSSR count). The molecule has 0 saturated heterocycles. The molecular weight excluding hydrogens is 278 g/mol. The molecule has 0 fully saturated rings. The summed E-state index contributed by atoms with van der Waals surface area (Å²) in [4.78, 5) is 25.6. The Bertz CT molecular complexity index is 789. The highest BCUT2D eigenvalue weighted by Crippen LogP contribution is 2.27. The van der Waals surface area contributed by atoms with Gasteiger partial charge in [0, 0.05) is 18.5 Å². The molecule has 1 aromatic heterocycles. The van der Waals surface area contributed by atoms with E-state index in [0.717, 1.165) is 23.9 Å². The Kier molecular flexibility index (Phi) is 3.87. The lowest BCUT2D eigenvalue weighted by atomic mass is 9.95. The summed E-state index contributed by atoms with van der Waals surface area (Å²) in [7, 11) is 0. The van der Waals surface area contributed by atoms with Gasteiger partial charge in [-0.3, -0.25) is 9.69 Å². The van der Waals surface area contributed by atoms with Gasteiger partial charge in [0.1, 0.15) is 11.4 Å². The lowest BCUT2D eigenvalue weighted by Gasteiger charge is -2.27. The van der Waals surface area contributed by atoms with Crippen LogP contribution in [0.3, 0.4) is 0 Å². The highest BCUT2D eigenvalue weighted by Gasteiger charge is 2.23. The molecule has 0 unspecified atom stereocenters. The molecule has 0 atom stereocenters. The summed E-state index contributed by atoms with van der Waals surface area (Å²) >= 11 is 0. The average Bonchev–Trinajstić information content (AvgIpc) is 2.46. The van der Waals surface area contributed by atoms with Gasteiger partial charge in [0.25, 0.3) is 0 Å². The molecule has 4 heteroatoms. The molecule has 0 bridgehead atoms. The second-order valence-corrected chi connectivity index (χ2v) is 6.42. The molecular formula is C18H21NO3. The fourth-order valence-electron chi connectivity index (χ4n) is 3.15. The summed E-state index contributed by atoms with van der Waals surface area (Å²) in [5.74, 6) is 0.520. The standard InChI is InChI=1S/C18H21NO3/c1-11(2)13-4-5-15-14-6-7-19(9-12(3)20)10-16(14)18(21)22-17(15)8-13/h4-5,8,11H,6-7,9-10H2,1-3H3. The highest BCUT2D eigenvalue weighted by atomic mass is 16.4. The van der Waals surface area contributed by atoms with E-state index in [-0.39, 0.29) is 11.4 Å². The maximum atomic E-state index is 12.3. The number of hydrogen-bond donors (Lipinski definition) is 0. The van der Waals surface area contributed by atoms with Crippen LogP contribution >= 0.6 is 0 Å². The third kappa shape index (κ3) is 2.71. The zero-order chi connectivity index (χ0) is 15.9. The lowest BCUT2D eigenvalue weighted by molar-refractivity contribution is -0.118. The van der Waals surface area contributed by atoms with Crippen LogP contribution in [0.2, 0.25) is 0 Å². The first-order valence-corrected chi connectivity index (χ1v) is 7.76. The Morgan fingerprint density at radius 3 is 2.77 bits per heavy atom. The van der Waals surface area contributed by atoms with Crippen molar-refractivity contribution in [2.45, 2.75) is 39.7 Å². The van der Waals surface area contributed by atoms with Crippen LogP contribution < -0.4 is 5.63 Å². The SMILES string of the molecule is CC(=O)CN1CCc2c(c(=O)oc3cc(C(C)C)ccc23)C1. The molecule has 2 heterocycles. The molecule has 1 aromatic carbocycles. The second-order valence-electron chi connectivity index (χ2n) is 6.42. The van der Waals surface area contributed by atoms with Crippen LogP contribution in [0, 0.1) is 0 Å². The topological polar surface area (TPSA) is 50.5 Å². The van der Waals surface area contributed by atoms with Crippen molar-refractivity contribution in [3.63, 3.8) is 0 Å². The van der Waals surface area contributed by atoms with Crippen molar-refractivity contribution in [3.05, 3.63) is 45.3 Å². The van der Waals surface area contributed by atoms with Gasteiger partial charge in [-0.15, -0.1) is 0 Å². The number of carbonyl (C=O) groups excluding carboxylic acids is 1. The predicted molar refractivity (Wildman–Crippen MR) is 86.2 cm³/mol. The van der Waals surface area contributed by atoms with Crippen LogP contribution in [0.15, 0.2) is 27.4 Å². The fraction of sp³-hybridized carbons (Fsp3) is 0.444. The van der Waals surface area contributed by atoms with Gasteiger partial charge in [0.05, 0.1) is 12.1 Å². The minimum Gasteiger partial charge on any atom is -0.422 e. The van der Waals surface area contributed by atoms with E-state index in [2.05, 4.69) is 26.0 Å². The van der Waals surface area contributed by atoms with Gasteiger partial charge >= 0.3 is 5.63 Å². The Hall–Kier alpha value is -1.94. The molecule has 0 aliphatic carbocycles. The number of carbonyl (C=O) groups is 1. The van der Waals surface area contributed by atoms with Crippen molar-refractivity contribution in [3.8, 4) is 0 Å². The van der Waals surface area contributed by atoms with E-state index in [4.69, 9.17) is 4.42 Å². The third-order valence-corrected chi connectivity index (χ3v) is 4.32. The minimum absolute atomic E-state index is 0.121. The number of ketones is 1. The number of benzene rings is 1. The molecule has 2 aromatic rings. The minimum atomic E-state index is -0.267. The first-order chi connectivity index (χ1) is 10.5. The number of nitrogens with zero attached hydrogens (tertiary/aromatic N) is 1. The maximum Gasteiger partial charge on any atom is 0.341 e. The highest BCUT2D eigenvalue weighted by molar-refractivity contribution is 5.82. The quantitative estimate of drug-likeness (QED) is 0.818. The van der Waals surface area contributed by atoms with E-state index in [0.29, 0.717) is 30.2 Å². The van der Waals surface area contributed by atoms with Crippen molar-refractivity contribution in [2.24, 2.45) is 0 Å². The normalized spacial score (nSPS) is 15.3. The molecule has 0 amide bonds. The predicted octanol–water partition coefficient (Wildman–Crippen LogP) is 2.86. The maximum absolute atomic E-state index is 12.3. The van der Waals surface area contributed by atoms with Crippen molar-refractivity contribution in [2.75, 3.05) is 13.1 Å². The molecule has 1 aliphatic rings. The fourth-order valence-corrected chi connectivity index (χ4v) is 3.15. The van der Waals surface area contributed by atoms with Gasteiger partial charge < -0.3 is 4.42 Å². The summed E-state index contributed by atoms with van der Waals surface area (Å²) < 4.78 is 5.54. The number of rotatable bonds is 3. The average molecular weight is 299 g/mol. The van der Waals surface area contributed by atoms with E-state index in [1.807, 2.05) is 11.0 Å².